The first-order chi connectivity index (χ1) is 13.7. The van der Waals surface area contributed by atoms with E-state index < -0.39 is 0 Å². The average molecular weight is 379 g/mol. The largest absolute Gasteiger partial charge is 0.486 e. The number of nitrogens with zero attached hydrogens (tertiary/aromatic N) is 5. The van der Waals surface area contributed by atoms with E-state index in [4.69, 9.17) is 9.47 Å². The van der Waals surface area contributed by atoms with E-state index in [1.54, 1.807) is 17.2 Å². The van der Waals surface area contributed by atoms with Gasteiger partial charge in [0.25, 0.3) is 0 Å². The third-order valence-corrected chi connectivity index (χ3v) is 5.50. The number of aromatic nitrogens is 4. The Labute approximate surface area is 162 Å². The quantitative estimate of drug-likeness (QED) is 0.646. The monoisotopic (exact) mass is 379 g/mol. The zero-order valence-corrected chi connectivity index (χ0v) is 15.7. The molecule has 4 heterocycles. The first-order valence-corrected chi connectivity index (χ1v) is 9.52. The molecule has 0 saturated carbocycles. The van der Waals surface area contributed by atoms with Crippen LogP contribution in [0.15, 0.2) is 30.7 Å². The van der Waals surface area contributed by atoms with Crippen molar-refractivity contribution < 1.29 is 14.3 Å². The van der Waals surface area contributed by atoms with Gasteiger partial charge in [-0.15, -0.1) is 0 Å². The van der Waals surface area contributed by atoms with Gasteiger partial charge in [0, 0.05) is 31.6 Å². The molecule has 144 valence electrons. The highest BCUT2D eigenvalue weighted by atomic mass is 16.6. The number of carbonyl (C=O) groups excluding carboxylic acids is 1. The van der Waals surface area contributed by atoms with Crippen LogP contribution in [0.2, 0.25) is 0 Å². The Balaban J connectivity index is 1.31. The molecule has 0 spiro atoms. The van der Waals surface area contributed by atoms with Crippen molar-refractivity contribution in [3.63, 3.8) is 0 Å². The molecular weight excluding hydrogens is 358 g/mol. The third-order valence-electron chi connectivity index (χ3n) is 5.50. The lowest BCUT2D eigenvalue weighted by molar-refractivity contribution is 0.0899. The van der Waals surface area contributed by atoms with Gasteiger partial charge in [-0.25, -0.2) is 9.97 Å². The van der Waals surface area contributed by atoms with E-state index in [1.807, 2.05) is 25.2 Å². The molecular formula is C20H21N5O3. The van der Waals surface area contributed by atoms with E-state index in [-0.39, 0.29) is 11.7 Å². The number of carbonyl (C=O) groups is 1. The number of ketones is 1. The predicted molar refractivity (Wildman–Crippen MR) is 103 cm³/mol. The Bertz CT molecular complexity index is 1040. The lowest BCUT2D eigenvalue weighted by atomic mass is 9.88. The molecule has 0 atom stereocenters. The number of hydrogen-bond acceptors (Lipinski definition) is 7. The molecule has 2 aliphatic heterocycles. The standard InChI is InChI=1S/C20H21N5O3/c1-24-19-15(11-23-24)20(22-12-21-19)25-6-4-13(5-7-25)18(26)14-2-3-16-17(10-14)28-9-8-27-16/h2-3,10-13H,4-9H2,1H3. The van der Waals surface area contributed by atoms with Crippen molar-refractivity contribution in [2.45, 2.75) is 12.8 Å². The summed E-state index contributed by atoms with van der Waals surface area (Å²) in [7, 11) is 1.87. The molecule has 8 nitrogen and oxygen atoms in total. The molecule has 0 N–H and O–H groups in total. The molecule has 0 bridgehead atoms. The second-order valence-electron chi connectivity index (χ2n) is 7.19. The van der Waals surface area contributed by atoms with Crippen molar-refractivity contribution in [1.29, 1.82) is 0 Å². The fraction of sp³-hybridized carbons (Fsp3) is 0.400. The molecule has 2 aliphatic rings. The summed E-state index contributed by atoms with van der Waals surface area (Å²) < 4.78 is 12.9. The maximum Gasteiger partial charge on any atom is 0.166 e. The third kappa shape index (κ3) is 2.85. The summed E-state index contributed by atoms with van der Waals surface area (Å²) in [5.41, 5.74) is 1.51. The Morgan fingerprint density at radius 3 is 2.71 bits per heavy atom. The van der Waals surface area contributed by atoms with Crippen LogP contribution in [0.5, 0.6) is 11.5 Å². The SMILES string of the molecule is Cn1ncc2c(N3CCC(C(=O)c4ccc5c(c4)OCCO5)CC3)ncnc21. The predicted octanol–water partition coefficient (Wildman–Crippen LogP) is 2.23. The maximum atomic E-state index is 13.0. The van der Waals surface area contributed by atoms with Crippen molar-refractivity contribution in [3.05, 3.63) is 36.3 Å². The molecule has 8 heteroatoms. The van der Waals surface area contributed by atoms with Gasteiger partial charge in [0.2, 0.25) is 0 Å². The van der Waals surface area contributed by atoms with Gasteiger partial charge in [0.15, 0.2) is 22.9 Å². The van der Waals surface area contributed by atoms with Crippen LogP contribution in [0.1, 0.15) is 23.2 Å². The van der Waals surface area contributed by atoms with Crippen LogP contribution in [0.25, 0.3) is 11.0 Å². The number of aryl methyl sites for hydroxylation is 1. The zero-order chi connectivity index (χ0) is 19.1. The minimum atomic E-state index is 0.00466. The fourth-order valence-electron chi connectivity index (χ4n) is 3.99. The van der Waals surface area contributed by atoms with Gasteiger partial charge in [-0.2, -0.15) is 5.10 Å². The number of hydrogen-bond donors (Lipinski definition) is 0. The van der Waals surface area contributed by atoms with Gasteiger partial charge < -0.3 is 14.4 Å². The topological polar surface area (TPSA) is 82.4 Å². The van der Waals surface area contributed by atoms with E-state index in [0.717, 1.165) is 42.8 Å². The summed E-state index contributed by atoms with van der Waals surface area (Å²) in [6.07, 6.45) is 4.96. The van der Waals surface area contributed by atoms with Crippen molar-refractivity contribution in [2.75, 3.05) is 31.2 Å². The summed E-state index contributed by atoms with van der Waals surface area (Å²) in [5.74, 6) is 2.44. The van der Waals surface area contributed by atoms with Crippen molar-refractivity contribution in [2.24, 2.45) is 13.0 Å². The molecule has 0 unspecified atom stereocenters. The highest BCUT2D eigenvalue weighted by Gasteiger charge is 2.28. The summed E-state index contributed by atoms with van der Waals surface area (Å²) in [4.78, 5) is 24.0. The lowest BCUT2D eigenvalue weighted by Gasteiger charge is -2.32. The van der Waals surface area contributed by atoms with Gasteiger partial charge >= 0.3 is 0 Å². The molecule has 0 aliphatic carbocycles. The van der Waals surface area contributed by atoms with E-state index in [9.17, 15) is 4.79 Å². The van der Waals surface area contributed by atoms with Gasteiger partial charge in [-0.1, -0.05) is 0 Å². The van der Waals surface area contributed by atoms with Crippen molar-refractivity contribution in [3.8, 4) is 11.5 Å². The number of anilines is 1. The summed E-state index contributed by atoms with van der Waals surface area (Å²) >= 11 is 0. The number of benzene rings is 1. The molecule has 1 saturated heterocycles. The van der Waals surface area contributed by atoms with Crippen molar-refractivity contribution >= 4 is 22.6 Å². The van der Waals surface area contributed by atoms with E-state index in [1.165, 1.54) is 0 Å². The van der Waals surface area contributed by atoms with E-state index in [2.05, 4.69) is 20.0 Å². The molecule has 5 rings (SSSR count). The normalized spacial score (nSPS) is 17.1. The second-order valence-corrected chi connectivity index (χ2v) is 7.19. The zero-order valence-electron chi connectivity index (χ0n) is 15.7. The average Bonchev–Trinajstić information content (AvgIpc) is 3.14. The first-order valence-electron chi connectivity index (χ1n) is 9.52. The number of piperidine rings is 1. The number of Topliss-reactive ketones (excluding diaryl/α,β-unsaturated/α-hetero) is 1. The first kappa shape index (κ1) is 17.0. The van der Waals surface area contributed by atoms with Gasteiger partial charge in [0.1, 0.15) is 25.4 Å². The van der Waals surface area contributed by atoms with Gasteiger partial charge in [0.05, 0.1) is 11.6 Å². The molecule has 0 amide bonds. The molecule has 0 radical (unpaired) electrons. The van der Waals surface area contributed by atoms with Crippen LogP contribution in [-0.4, -0.2) is 51.8 Å². The second kappa shape index (κ2) is 6.78. The fourth-order valence-corrected chi connectivity index (χ4v) is 3.99. The highest BCUT2D eigenvalue weighted by molar-refractivity contribution is 5.98. The van der Waals surface area contributed by atoms with Gasteiger partial charge in [-0.3, -0.25) is 9.48 Å². The van der Waals surface area contributed by atoms with E-state index in [0.29, 0.717) is 30.3 Å². The Morgan fingerprint density at radius 2 is 1.89 bits per heavy atom. The van der Waals surface area contributed by atoms with Gasteiger partial charge in [-0.05, 0) is 31.0 Å². The van der Waals surface area contributed by atoms with Crippen LogP contribution in [0, 0.1) is 5.92 Å². The molecule has 1 aromatic carbocycles. The smallest absolute Gasteiger partial charge is 0.166 e. The minimum Gasteiger partial charge on any atom is -0.486 e. The molecule has 1 fully saturated rings. The maximum absolute atomic E-state index is 13.0. The molecule has 2 aromatic heterocycles. The van der Waals surface area contributed by atoms with Crippen LogP contribution in [0.4, 0.5) is 5.82 Å². The number of fused-ring (bicyclic) bond motifs is 2. The Morgan fingerprint density at radius 1 is 1.11 bits per heavy atom. The molecule has 28 heavy (non-hydrogen) atoms. The Kier molecular flexibility index (Phi) is 4.11. The van der Waals surface area contributed by atoms with Crippen LogP contribution in [-0.2, 0) is 7.05 Å². The molecule has 3 aromatic rings. The number of rotatable bonds is 3. The number of ether oxygens (including phenoxy) is 2. The minimum absolute atomic E-state index is 0.00466. The summed E-state index contributed by atoms with van der Waals surface area (Å²) in [5, 5.41) is 5.23. The van der Waals surface area contributed by atoms with Crippen molar-refractivity contribution in [1.82, 2.24) is 19.7 Å². The summed E-state index contributed by atoms with van der Waals surface area (Å²) in [6, 6.07) is 5.48. The van der Waals surface area contributed by atoms with Crippen LogP contribution in [0.3, 0.4) is 0 Å². The van der Waals surface area contributed by atoms with Crippen LogP contribution >= 0.6 is 0 Å². The lowest BCUT2D eigenvalue weighted by Crippen LogP contribution is -2.37. The van der Waals surface area contributed by atoms with Crippen LogP contribution < -0.4 is 14.4 Å². The Hall–Kier alpha value is -3.16. The summed E-state index contributed by atoms with van der Waals surface area (Å²) in [6.45, 7) is 2.63. The van der Waals surface area contributed by atoms with E-state index >= 15 is 0 Å². The highest BCUT2D eigenvalue weighted by Crippen LogP contribution is 2.33.